The predicted molar refractivity (Wildman–Crippen MR) is 266 cm³/mol. The summed E-state index contributed by atoms with van der Waals surface area (Å²) in [6, 6.07) is 0. The Bertz CT molecular complexity index is 1980. The number of hydrogen-bond acceptors (Lipinski definition) is 23. The van der Waals surface area contributed by atoms with Crippen molar-refractivity contribution < 1.29 is 114 Å². The van der Waals surface area contributed by atoms with Gasteiger partial charge >= 0.3 is 0 Å². The van der Waals surface area contributed by atoms with E-state index in [1.165, 1.54) is 27.7 Å². The van der Waals surface area contributed by atoms with Crippen molar-refractivity contribution in [2.24, 2.45) is 45.3 Å². The van der Waals surface area contributed by atoms with Crippen LogP contribution in [0.25, 0.3) is 0 Å². The lowest BCUT2D eigenvalue weighted by atomic mass is 9.35. The third-order valence-electron chi connectivity index (χ3n) is 21.3. The predicted octanol–water partition coefficient (Wildman–Crippen LogP) is -1.98. The minimum absolute atomic E-state index is 0.0114. The van der Waals surface area contributed by atoms with E-state index < -0.39 is 176 Å². The van der Waals surface area contributed by atoms with Crippen LogP contribution in [0.15, 0.2) is 0 Å². The number of aliphatic hydroxyl groups excluding tert-OH is 13. The van der Waals surface area contributed by atoms with Gasteiger partial charge in [0.2, 0.25) is 0 Å². The molecule has 0 amide bonds. The highest BCUT2D eigenvalue weighted by atomic mass is 16.8. The first-order valence-corrected chi connectivity index (χ1v) is 28.1. The summed E-state index contributed by atoms with van der Waals surface area (Å²) in [4.78, 5) is 0. The van der Waals surface area contributed by atoms with Crippen LogP contribution >= 0.6 is 0 Å². The molecule has 8 aliphatic rings. The fourth-order valence-electron chi connectivity index (χ4n) is 16.4. The summed E-state index contributed by atoms with van der Waals surface area (Å²) in [5.41, 5.74) is -4.52. The third kappa shape index (κ3) is 10.9. The zero-order chi connectivity index (χ0) is 57.0. The first-order chi connectivity index (χ1) is 35.7. The molecule has 0 aromatic rings. The molecule has 4 saturated carbocycles. The summed E-state index contributed by atoms with van der Waals surface area (Å²) in [5.74, 6) is -0.594. The minimum Gasteiger partial charge on any atom is -0.394 e. The summed E-state index contributed by atoms with van der Waals surface area (Å²) < 4.78 is 49.2. The van der Waals surface area contributed by atoms with Crippen LogP contribution in [0.3, 0.4) is 0 Å². The molecule has 448 valence electrons. The van der Waals surface area contributed by atoms with Crippen molar-refractivity contribution in [3.8, 4) is 0 Å². The van der Waals surface area contributed by atoms with Crippen LogP contribution < -0.4 is 0 Å². The second-order valence-corrected chi connectivity index (χ2v) is 26.6. The molecule has 0 aromatic carbocycles. The van der Waals surface area contributed by atoms with Crippen molar-refractivity contribution in [1.29, 1.82) is 0 Å². The van der Waals surface area contributed by atoms with Gasteiger partial charge in [-0.05, 0) is 138 Å². The first kappa shape index (κ1) is 62.1. The number of hydrogen-bond donors (Lipinski definition) is 15. The fourth-order valence-corrected chi connectivity index (χ4v) is 16.4. The van der Waals surface area contributed by atoms with Gasteiger partial charge in [-0.1, -0.05) is 34.6 Å². The number of fused-ring (bicyclic) bond motifs is 5. The van der Waals surface area contributed by atoms with Crippen LogP contribution in [0.4, 0.5) is 0 Å². The standard InChI is InChI=1S/C54H94O23/c1-22-33(58)37(62)40(65)45(70-22)76-43-36(61)27(21-56)73-48(44(43)77-46-41(66)38(63)34(59)23(2)71-46)74-30-13-15-51(7)28(49(30,3)4)12-17-52(8)29(51)19-25(57)32-24(11-16-53(32,52)9)54(10,69)18-14-31(50(5,6)68)75-47-42(67)39(64)35(60)26(20-55)72-47/h22-48,55-69H,11-21H2,1-10H3. The maximum atomic E-state index is 12.6. The molecule has 31 atom stereocenters. The van der Waals surface area contributed by atoms with E-state index in [1.807, 2.05) is 0 Å². The molecule has 77 heavy (non-hydrogen) atoms. The summed E-state index contributed by atoms with van der Waals surface area (Å²) in [6.07, 6.45) is -28.2. The van der Waals surface area contributed by atoms with Crippen LogP contribution in [-0.2, 0) is 37.9 Å². The molecule has 23 heteroatoms. The van der Waals surface area contributed by atoms with Crippen LogP contribution in [0.1, 0.15) is 127 Å². The monoisotopic (exact) mass is 1110 g/mol. The van der Waals surface area contributed by atoms with Crippen molar-refractivity contribution >= 4 is 0 Å². The van der Waals surface area contributed by atoms with Crippen molar-refractivity contribution in [1.82, 2.24) is 0 Å². The number of rotatable bonds is 15. The van der Waals surface area contributed by atoms with Gasteiger partial charge in [0, 0.05) is 0 Å². The molecule has 0 aromatic heterocycles. The Balaban J connectivity index is 1.01. The first-order valence-electron chi connectivity index (χ1n) is 28.1. The van der Waals surface area contributed by atoms with Gasteiger partial charge in [0.1, 0.15) is 85.5 Å². The largest absolute Gasteiger partial charge is 0.394 e. The van der Waals surface area contributed by atoms with E-state index in [0.29, 0.717) is 25.7 Å². The number of aliphatic hydroxyl groups is 15. The summed E-state index contributed by atoms with van der Waals surface area (Å²) in [5, 5.41) is 165. The molecule has 4 aliphatic carbocycles. The molecule has 0 radical (unpaired) electrons. The highest BCUT2D eigenvalue weighted by Gasteiger charge is 2.72. The molecule has 15 N–H and O–H groups in total. The molecular formula is C54H94O23. The van der Waals surface area contributed by atoms with Crippen molar-refractivity contribution in [2.45, 2.75) is 279 Å². The van der Waals surface area contributed by atoms with Crippen LogP contribution in [0.5, 0.6) is 0 Å². The maximum absolute atomic E-state index is 12.6. The van der Waals surface area contributed by atoms with E-state index in [1.54, 1.807) is 6.92 Å². The topological polar surface area (TPSA) is 377 Å². The van der Waals surface area contributed by atoms with Gasteiger partial charge in [0.25, 0.3) is 0 Å². The Kier molecular flexibility index (Phi) is 18.2. The lowest BCUT2D eigenvalue weighted by molar-refractivity contribution is -0.397. The van der Waals surface area contributed by atoms with Gasteiger partial charge < -0.3 is 114 Å². The van der Waals surface area contributed by atoms with Crippen molar-refractivity contribution in [3.05, 3.63) is 0 Å². The Hall–Kier alpha value is -0.920. The minimum atomic E-state index is -1.81. The Morgan fingerprint density at radius 2 is 1.04 bits per heavy atom. The van der Waals surface area contributed by atoms with Gasteiger partial charge in [-0.25, -0.2) is 0 Å². The van der Waals surface area contributed by atoms with E-state index >= 15 is 0 Å². The highest BCUT2D eigenvalue weighted by Crippen LogP contribution is 2.76. The molecule has 8 fully saturated rings. The van der Waals surface area contributed by atoms with E-state index in [0.717, 1.165) is 19.3 Å². The fraction of sp³-hybridized carbons (Fsp3) is 1.00. The van der Waals surface area contributed by atoms with Crippen LogP contribution in [0, 0.1) is 45.3 Å². The Morgan fingerprint density at radius 3 is 1.60 bits per heavy atom. The Labute approximate surface area is 451 Å². The zero-order valence-corrected chi connectivity index (χ0v) is 46.3. The maximum Gasteiger partial charge on any atom is 0.187 e. The van der Waals surface area contributed by atoms with Crippen molar-refractivity contribution in [2.75, 3.05) is 13.2 Å². The van der Waals surface area contributed by atoms with Gasteiger partial charge in [-0.3, -0.25) is 0 Å². The van der Waals surface area contributed by atoms with E-state index in [2.05, 4.69) is 34.6 Å². The number of ether oxygens (including phenoxy) is 8. The summed E-state index contributed by atoms with van der Waals surface area (Å²) in [7, 11) is 0. The van der Waals surface area contributed by atoms with Gasteiger partial charge in [0.05, 0.1) is 54.9 Å². The van der Waals surface area contributed by atoms with Crippen LogP contribution in [0.2, 0.25) is 0 Å². The molecule has 0 spiro atoms. The molecule has 4 aliphatic heterocycles. The molecule has 0 bridgehead atoms. The SMILES string of the molecule is CC1OC(OC2C(OC3CCC4(C)C(CCC5(C)C4CC(O)C4C(C(C)(O)CCC(OC6OC(CO)C(O)C(O)C6O)C(C)(C)O)CCC45C)C3(C)C)OC(CO)C(O)C2OC2OC(C)C(O)C(O)C2O)C(O)C(O)C1O. The third-order valence-corrected chi connectivity index (χ3v) is 21.3. The lowest BCUT2D eigenvalue weighted by Gasteiger charge is -2.70. The molecule has 8 rings (SSSR count). The van der Waals surface area contributed by atoms with Gasteiger partial charge in [-0.15, -0.1) is 0 Å². The average Bonchev–Trinajstić information content (AvgIpc) is 4.02. The second-order valence-electron chi connectivity index (χ2n) is 26.6. The smallest absolute Gasteiger partial charge is 0.187 e. The molecule has 31 unspecified atom stereocenters. The van der Waals surface area contributed by atoms with E-state index in [4.69, 9.17) is 37.9 Å². The molecular weight excluding hydrogens is 1020 g/mol. The van der Waals surface area contributed by atoms with E-state index in [-0.39, 0.29) is 47.3 Å². The van der Waals surface area contributed by atoms with Gasteiger partial charge in [0.15, 0.2) is 25.2 Å². The lowest BCUT2D eigenvalue weighted by Crippen LogP contribution is -2.68. The summed E-state index contributed by atoms with van der Waals surface area (Å²) in [6.45, 7) is 17.5. The van der Waals surface area contributed by atoms with Gasteiger partial charge in [-0.2, -0.15) is 0 Å². The highest BCUT2D eigenvalue weighted by molar-refractivity contribution is 5.20. The van der Waals surface area contributed by atoms with E-state index in [9.17, 15) is 76.6 Å². The molecule has 23 nitrogen and oxygen atoms in total. The molecule has 4 saturated heterocycles. The second kappa shape index (κ2) is 22.6. The normalized spacial score (nSPS) is 53.4. The van der Waals surface area contributed by atoms with Crippen LogP contribution in [-0.4, -0.2) is 242 Å². The Morgan fingerprint density at radius 1 is 0.532 bits per heavy atom. The summed E-state index contributed by atoms with van der Waals surface area (Å²) >= 11 is 0. The average molecular weight is 1110 g/mol. The van der Waals surface area contributed by atoms with Crippen molar-refractivity contribution in [3.63, 3.8) is 0 Å². The quantitative estimate of drug-likeness (QED) is 0.0790. The zero-order valence-electron chi connectivity index (χ0n) is 46.3. The molecule has 4 heterocycles.